The smallest absolute Gasteiger partial charge is 0.00257 e. The van der Waals surface area contributed by atoms with Crippen molar-refractivity contribution in [3.63, 3.8) is 0 Å². The van der Waals surface area contributed by atoms with Crippen LogP contribution < -0.4 is 5.73 Å². The summed E-state index contributed by atoms with van der Waals surface area (Å²) in [4.78, 5) is 0. The predicted molar refractivity (Wildman–Crippen MR) is 42.3 cm³/mol. The highest BCUT2D eigenvalue weighted by Crippen LogP contribution is 2.19. The average molecular weight is 127 g/mol. The average Bonchev–Trinajstić information content (AvgIpc) is 1.84. The van der Waals surface area contributed by atoms with Crippen molar-refractivity contribution in [2.24, 2.45) is 11.1 Å². The predicted octanol–water partition coefficient (Wildman–Crippen LogP) is 1.94. The minimum Gasteiger partial charge on any atom is -0.330 e. The van der Waals surface area contributed by atoms with Crippen molar-refractivity contribution in [2.75, 3.05) is 6.54 Å². The topological polar surface area (TPSA) is 26.0 Å². The largest absolute Gasteiger partial charge is 0.330 e. The molecule has 0 heterocycles. The molecule has 0 rings (SSSR count). The van der Waals surface area contributed by atoms with Crippen LogP contribution >= 0.6 is 0 Å². The SMILES string of the molecule is C=CCCC(C)(C)CN. The van der Waals surface area contributed by atoms with E-state index in [9.17, 15) is 0 Å². The summed E-state index contributed by atoms with van der Waals surface area (Å²) >= 11 is 0. The van der Waals surface area contributed by atoms with Gasteiger partial charge in [0.15, 0.2) is 0 Å². The van der Waals surface area contributed by atoms with Crippen molar-refractivity contribution in [3.05, 3.63) is 12.7 Å². The van der Waals surface area contributed by atoms with Crippen molar-refractivity contribution in [1.29, 1.82) is 0 Å². The summed E-state index contributed by atoms with van der Waals surface area (Å²) in [5, 5.41) is 0. The zero-order chi connectivity index (χ0) is 7.33. The molecule has 0 unspecified atom stereocenters. The zero-order valence-corrected chi connectivity index (χ0v) is 6.48. The molecule has 2 N–H and O–H groups in total. The molecule has 0 saturated heterocycles. The Hall–Kier alpha value is -0.300. The highest BCUT2D eigenvalue weighted by Gasteiger charge is 2.12. The van der Waals surface area contributed by atoms with E-state index in [1.807, 2.05) is 6.08 Å². The molecule has 0 fully saturated rings. The van der Waals surface area contributed by atoms with E-state index in [-0.39, 0.29) is 0 Å². The van der Waals surface area contributed by atoms with E-state index in [0.717, 1.165) is 19.4 Å². The maximum atomic E-state index is 5.51. The number of hydrogen-bond donors (Lipinski definition) is 1. The van der Waals surface area contributed by atoms with Crippen LogP contribution in [0.4, 0.5) is 0 Å². The fourth-order valence-corrected chi connectivity index (χ4v) is 0.595. The Morgan fingerprint density at radius 2 is 2.11 bits per heavy atom. The van der Waals surface area contributed by atoms with Gasteiger partial charge in [-0.15, -0.1) is 6.58 Å². The molecular formula is C8H17N. The second kappa shape index (κ2) is 3.67. The van der Waals surface area contributed by atoms with Gasteiger partial charge in [-0.25, -0.2) is 0 Å². The van der Waals surface area contributed by atoms with Crippen LogP contribution in [0.1, 0.15) is 26.7 Å². The van der Waals surface area contributed by atoms with E-state index in [2.05, 4.69) is 20.4 Å². The van der Waals surface area contributed by atoms with E-state index in [4.69, 9.17) is 5.73 Å². The number of rotatable bonds is 4. The lowest BCUT2D eigenvalue weighted by molar-refractivity contribution is 0.351. The molecule has 0 aliphatic rings. The Balaban J connectivity index is 3.44. The first-order valence-electron chi connectivity index (χ1n) is 3.43. The van der Waals surface area contributed by atoms with Crippen LogP contribution in [0.15, 0.2) is 12.7 Å². The molecule has 1 heteroatoms. The fourth-order valence-electron chi connectivity index (χ4n) is 0.595. The van der Waals surface area contributed by atoms with Crippen LogP contribution in [0.5, 0.6) is 0 Å². The van der Waals surface area contributed by atoms with Crippen LogP contribution in [-0.2, 0) is 0 Å². The second-order valence-electron chi connectivity index (χ2n) is 3.20. The minimum atomic E-state index is 0.300. The Morgan fingerprint density at radius 3 is 2.44 bits per heavy atom. The molecule has 1 nitrogen and oxygen atoms in total. The molecule has 0 bridgehead atoms. The molecule has 0 aliphatic carbocycles. The standard InChI is InChI=1S/C8H17N/c1-4-5-6-8(2,3)7-9/h4H,1,5-7,9H2,2-3H3. The summed E-state index contributed by atoms with van der Waals surface area (Å²) in [5.41, 5.74) is 5.81. The van der Waals surface area contributed by atoms with Crippen molar-refractivity contribution in [1.82, 2.24) is 0 Å². The third kappa shape index (κ3) is 4.22. The van der Waals surface area contributed by atoms with E-state index in [0.29, 0.717) is 5.41 Å². The third-order valence-corrected chi connectivity index (χ3v) is 1.58. The molecule has 0 aromatic rings. The minimum absolute atomic E-state index is 0.300. The van der Waals surface area contributed by atoms with Crippen LogP contribution in [0, 0.1) is 5.41 Å². The molecule has 0 aliphatic heterocycles. The van der Waals surface area contributed by atoms with Crippen molar-refractivity contribution in [2.45, 2.75) is 26.7 Å². The van der Waals surface area contributed by atoms with Gasteiger partial charge in [0.25, 0.3) is 0 Å². The summed E-state index contributed by atoms with van der Waals surface area (Å²) < 4.78 is 0. The Morgan fingerprint density at radius 1 is 1.56 bits per heavy atom. The normalized spacial score (nSPS) is 11.4. The second-order valence-corrected chi connectivity index (χ2v) is 3.20. The lowest BCUT2D eigenvalue weighted by Crippen LogP contribution is -2.22. The fraction of sp³-hybridized carbons (Fsp3) is 0.750. The number of hydrogen-bond acceptors (Lipinski definition) is 1. The van der Waals surface area contributed by atoms with Gasteiger partial charge in [0.1, 0.15) is 0 Å². The van der Waals surface area contributed by atoms with Crippen molar-refractivity contribution >= 4 is 0 Å². The van der Waals surface area contributed by atoms with Gasteiger partial charge in [0.05, 0.1) is 0 Å². The van der Waals surface area contributed by atoms with E-state index in [1.165, 1.54) is 0 Å². The summed E-state index contributed by atoms with van der Waals surface area (Å²) in [7, 11) is 0. The summed E-state index contributed by atoms with van der Waals surface area (Å²) in [6.07, 6.45) is 4.16. The molecule has 0 aromatic carbocycles. The molecule has 0 radical (unpaired) electrons. The van der Waals surface area contributed by atoms with Gasteiger partial charge < -0.3 is 5.73 Å². The highest BCUT2D eigenvalue weighted by atomic mass is 14.6. The summed E-state index contributed by atoms with van der Waals surface area (Å²) in [6, 6.07) is 0. The van der Waals surface area contributed by atoms with Gasteiger partial charge in [0.2, 0.25) is 0 Å². The maximum absolute atomic E-state index is 5.51. The van der Waals surface area contributed by atoms with Crippen LogP contribution in [-0.4, -0.2) is 6.54 Å². The van der Waals surface area contributed by atoms with Crippen LogP contribution in [0.2, 0.25) is 0 Å². The van der Waals surface area contributed by atoms with Gasteiger partial charge in [0, 0.05) is 0 Å². The quantitative estimate of drug-likeness (QED) is 0.574. The van der Waals surface area contributed by atoms with Crippen molar-refractivity contribution < 1.29 is 0 Å². The number of nitrogens with two attached hydrogens (primary N) is 1. The Bertz CT molecular complexity index is 84.6. The van der Waals surface area contributed by atoms with Gasteiger partial charge in [-0.05, 0) is 24.8 Å². The Kier molecular flexibility index (Phi) is 3.55. The number of allylic oxidation sites excluding steroid dienone is 1. The first-order chi connectivity index (χ1) is 4.12. The molecule has 0 amide bonds. The maximum Gasteiger partial charge on any atom is -0.00257 e. The molecule has 9 heavy (non-hydrogen) atoms. The van der Waals surface area contributed by atoms with Crippen molar-refractivity contribution in [3.8, 4) is 0 Å². The molecular weight excluding hydrogens is 110 g/mol. The molecule has 54 valence electrons. The van der Waals surface area contributed by atoms with Crippen LogP contribution in [0.3, 0.4) is 0 Å². The van der Waals surface area contributed by atoms with E-state index in [1.54, 1.807) is 0 Å². The third-order valence-electron chi connectivity index (χ3n) is 1.58. The van der Waals surface area contributed by atoms with Gasteiger partial charge in [-0.3, -0.25) is 0 Å². The molecule has 0 atom stereocenters. The van der Waals surface area contributed by atoms with E-state index >= 15 is 0 Å². The molecule has 0 spiro atoms. The van der Waals surface area contributed by atoms with E-state index < -0.39 is 0 Å². The van der Waals surface area contributed by atoms with Gasteiger partial charge in [-0.2, -0.15) is 0 Å². The van der Waals surface area contributed by atoms with Gasteiger partial charge in [-0.1, -0.05) is 19.9 Å². The highest BCUT2D eigenvalue weighted by molar-refractivity contribution is 4.75. The summed E-state index contributed by atoms with van der Waals surface area (Å²) in [5.74, 6) is 0. The molecule has 0 aromatic heterocycles. The first-order valence-corrected chi connectivity index (χ1v) is 3.43. The molecule has 0 saturated carbocycles. The Labute approximate surface area is 57.9 Å². The monoisotopic (exact) mass is 127 g/mol. The zero-order valence-electron chi connectivity index (χ0n) is 6.48. The van der Waals surface area contributed by atoms with Gasteiger partial charge >= 0.3 is 0 Å². The first kappa shape index (κ1) is 8.70. The van der Waals surface area contributed by atoms with Crippen LogP contribution in [0.25, 0.3) is 0 Å². The lowest BCUT2D eigenvalue weighted by Gasteiger charge is -2.20. The summed E-state index contributed by atoms with van der Waals surface area (Å²) in [6.45, 7) is 8.78. The lowest BCUT2D eigenvalue weighted by atomic mass is 9.88.